The molecule has 1 heterocycles. The minimum absolute atomic E-state index is 0.0226. The topological polar surface area (TPSA) is 63.4 Å². The number of hydrogen-bond donors (Lipinski definition) is 1. The Morgan fingerprint density at radius 1 is 1.25 bits per heavy atom. The van der Waals surface area contributed by atoms with Crippen molar-refractivity contribution in [3.63, 3.8) is 0 Å². The molecule has 2 aliphatic rings. The van der Waals surface area contributed by atoms with E-state index in [0.29, 0.717) is 25.1 Å². The Morgan fingerprint density at radius 3 is 2.50 bits per heavy atom. The molecule has 24 heavy (non-hydrogen) atoms. The second kappa shape index (κ2) is 5.40. The third kappa shape index (κ3) is 2.81. The lowest BCUT2D eigenvalue weighted by Crippen LogP contribution is -2.61. The molecule has 128 valence electrons. The summed E-state index contributed by atoms with van der Waals surface area (Å²) in [4.78, 5) is 26.0. The molecule has 0 atom stereocenters. The number of carbonyl (C=O) groups excluding carboxylic acids is 2. The molecule has 1 amide bonds. The van der Waals surface area contributed by atoms with Gasteiger partial charge in [0.1, 0.15) is 0 Å². The molecule has 0 aromatic heterocycles. The molecule has 2 N–H and O–H groups in total. The van der Waals surface area contributed by atoms with Crippen molar-refractivity contribution in [3.8, 4) is 0 Å². The third-order valence-corrected chi connectivity index (χ3v) is 4.84. The van der Waals surface area contributed by atoms with E-state index < -0.39 is 17.0 Å². The van der Waals surface area contributed by atoms with Crippen molar-refractivity contribution in [2.45, 2.75) is 26.7 Å². The van der Waals surface area contributed by atoms with E-state index in [0.717, 1.165) is 12.1 Å². The minimum atomic E-state index is -0.955. The number of Topliss-reactive ketones (excluding diaryl/α,β-unsaturated/α-hetero) is 1. The van der Waals surface area contributed by atoms with Crippen LogP contribution in [0.1, 0.15) is 25.8 Å². The Kier molecular flexibility index (Phi) is 3.73. The van der Waals surface area contributed by atoms with Crippen LogP contribution < -0.4 is 5.73 Å². The van der Waals surface area contributed by atoms with Crippen LogP contribution in [0, 0.1) is 22.5 Å². The molecular weight excluding hydrogens is 314 g/mol. The van der Waals surface area contributed by atoms with Crippen molar-refractivity contribution in [2.75, 3.05) is 13.1 Å². The Morgan fingerprint density at radius 2 is 1.92 bits per heavy atom. The molecular formula is C18H20F2N2O2. The number of rotatable bonds is 2. The van der Waals surface area contributed by atoms with E-state index in [1.165, 1.54) is 6.07 Å². The summed E-state index contributed by atoms with van der Waals surface area (Å²) in [5.74, 6) is -2.08. The predicted octanol–water partition coefficient (Wildman–Crippen LogP) is 2.18. The van der Waals surface area contributed by atoms with Gasteiger partial charge in [-0.1, -0.05) is 19.9 Å². The number of hydrogen-bond acceptors (Lipinski definition) is 3. The highest BCUT2D eigenvalue weighted by molar-refractivity contribution is 5.99. The number of likely N-dealkylation sites (tertiary alicyclic amines) is 1. The summed E-state index contributed by atoms with van der Waals surface area (Å²) in [5, 5.41) is 0. The van der Waals surface area contributed by atoms with E-state index in [1.54, 1.807) is 11.0 Å². The molecule has 0 radical (unpaired) electrons. The zero-order valence-electron chi connectivity index (χ0n) is 13.7. The number of allylic oxidation sites excluding steroid dienone is 1. The Bertz CT molecular complexity index is 749. The van der Waals surface area contributed by atoms with Crippen molar-refractivity contribution in [1.82, 2.24) is 4.90 Å². The quantitative estimate of drug-likeness (QED) is 0.902. The largest absolute Gasteiger partial charge is 0.396 e. The average Bonchev–Trinajstić information content (AvgIpc) is 2.45. The lowest BCUT2D eigenvalue weighted by Gasteiger charge is -2.53. The first-order chi connectivity index (χ1) is 11.1. The summed E-state index contributed by atoms with van der Waals surface area (Å²) in [7, 11) is 0. The summed E-state index contributed by atoms with van der Waals surface area (Å²) in [6, 6.07) is 3.48. The normalized spacial score (nSPS) is 21.4. The smallest absolute Gasteiger partial charge is 0.227 e. The van der Waals surface area contributed by atoms with Crippen LogP contribution in [0.2, 0.25) is 0 Å². The summed E-state index contributed by atoms with van der Waals surface area (Å²) in [6.07, 6.45) is 2.45. The summed E-state index contributed by atoms with van der Waals surface area (Å²) >= 11 is 0. The molecule has 3 rings (SSSR count). The number of halogens is 2. The predicted molar refractivity (Wildman–Crippen MR) is 84.8 cm³/mol. The van der Waals surface area contributed by atoms with E-state index in [2.05, 4.69) is 0 Å². The first-order valence-corrected chi connectivity index (χ1v) is 7.87. The first-order valence-electron chi connectivity index (χ1n) is 7.87. The van der Waals surface area contributed by atoms with Gasteiger partial charge in [0, 0.05) is 23.9 Å². The van der Waals surface area contributed by atoms with E-state index >= 15 is 0 Å². The van der Waals surface area contributed by atoms with Crippen molar-refractivity contribution in [2.24, 2.45) is 16.6 Å². The monoisotopic (exact) mass is 334 g/mol. The number of carbonyl (C=O) groups is 2. The first kappa shape index (κ1) is 16.6. The number of ketones is 1. The van der Waals surface area contributed by atoms with Crippen LogP contribution in [-0.2, 0) is 16.0 Å². The van der Waals surface area contributed by atoms with Crippen LogP contribution in [0.5, 0.6) is 0 Å². The Hall–Kier alpha value is -2.24. The van der Waals surface area contributed by atoms with Crippen molar-refractivity contribution >= 4 is 11.7 Å². The third-order valence-electron chi connectivity index (χ3n) is 4.84. The molecule has 4 nitrogen and oxygen atoms in total. The molecule has 1 fully saturated rings. The van der Waals surface area contributed by atoms with Gasteiger partial charge in [0.15, 0.2) is 17.4 Å². The second-order valence-electron chi connectivity index (χ2n) is 7.53. The zero-order valence-corrected chi connectivity index (χ0v) is 13.7. The molecule has 1 aromatic carbocycles. The molecule has 1 aromatic rings. The van der Waals surface area contributed by atoms with Gasteiger partial charge < -0.3 is 10.6 Å². The second-order valence-corrected chi connectivity index (χ2v) is 7.53. The van der Waals surface area contributed by atoms with E-state index in [1.807, 2.05) is 13.8 Å². The molecule has 1 aliphatic carbocycles. The standard InChI is InChI=1S/C18H20F2N2O2/c1-17(2)8-18(7-14(21)16(17)24)9-22(10-18)15(23)6-11-3-4-12(19)13(20)5-11/h3-5,7H,6,8-10,21H2,1-2H3. The maximum Gasteiger partial charge on any atom is 0.227 e. The molecule has 0 saturated carbocycles. The van der Waals surface area contributed by atoms with Crippen molar-refractivity contribution < 1.29 is 18.4 Å². The number of amides is 1. The SMILES string of the molecule is CC1(C)CC2(C=C(N)C1=O)CN(C(=O)Cc1ccc(F)c(F)c1)C2. The number of nitrogens with zero attached hydrogens (tertiary/aromatic N) is 1. The number of benzene rings is 1. The molecule has 1 spiro atoms. The van der Waals surface area contributed by atoms with Gasteiger partial charge in [0.05, 0.1) is 12.1 Å². The van der Waals surface area contributed by atoms with E-state index in [-0.39, 0.29) is 29.2 Å². The van der Waals surface area contributed by atoms with Gasteiger partial charge in [-0.15, -0.1) is 0 Å². The lowest BCUT2D eigenvalue weighted by atomic mass is 9.62. The molecule has 1 aliphatic heterocycles. The fourth-order valence-corrected chi connectivity index (χ4v) is 3.83. The highest BCUT2D eigenvalue weighted by Gasteiger charge is 2.51. The van der Waals surface area contributed by atoms with Crippen LogP contribution >= 0.6 is 0 Å². The highest BCUT2D eigenvalue weighted by atomic mass is 19.2. The Labute approximate surface area is 139 Å². The van der Waals surface area contributed by atoms with Crippen LogP contribution in [0.4, 0.5) is 8.78 Å². The van der Waals surface area contributed by atoms with Crippen molar-refractivity contribution in [3.05, 3.63) is 47.2 Å². The van der Waals surface area contributed by atoms with Crippen molar-refractivity contribution in [1.29, 1.82) is 0 Å². The summed E-state index contributed by atoms with van der Waals surface area (Å²) < 4.78 is 26.2. The number of nitrogens with two attached hydrogens (primary N) is 1. The summed E-state index contributed by atoms with van der Waals surface area (Å²) in [5.41, 5.74) is 5.76. The van der Waals surface area contributed by atoms with Gasteiger partial charge in [-0.05, 0) is 30.2 Å². The minimum Gasteiger partial charge on any atom is -0.396 e. The van der Waals surface area contributed by atoms with E-state index in [9.17, 15) is 18.4 Å². The molecule has 0 bridgehead atoms. The van der Waals surface area contributed by atoms with E-state index in [4.69, 9.17) is 5.73 Å². The maximum atomic E-state index is 13.2. The van der Waals surface area contributed by atoms with Gasteiger partial charge in [-0.25, -0.2) is 8.78 Å². The Balaban J connectivity index is 1.67. The molecule has 1 saturated heterocycles. The van der Waals surface area contributed by atoms with Crippen LogP contribution in [0.15, 0.2) is 30.0 Å². The lowest BCUT2D eigenvalue weighted by molar-refractivity contribution is -0.143. The van der Waals surface area contributed by atoms with Gasteiger partial charge in [-0.3, -0.25) is 9.59 Å². The fraction of sp³-hybridized carbons (Fsp3) is 0.444. The van der Waals surface area contributed by atoms with Crippen LogP contribution in [0.25, 0.3) is 0 Å². The van der Waals surface area contributed by atoms with Gasteiger partial charge in [0.2, 0.25) is 5.91 Å². The average molecular weight is 334 g/mol. The molecule has 0 unspecified atom stereocenters. The van der Waals surface area contributed by atoms with Crippen LogP contribution in [-0.4, -0.2) is 29.7 Å². The summed E-state index contributed by atoms with van der Waals surface area (Å²) in [6.45, 7) is 4.71. The van der Waals surface area contributed by atoms with Gasteiger partial charge in [0.25, 0.3) is 0 Å². The van der Waals surface area contributed by atoms with Crippen LogP contribution in [0.3, 0.4) is 0 Å². The maximum absolute atomic E-state index is 13.2. The van der Waals surface area contributed by atoms with Gasteiger partial charge in [-0.2, -0.15) is 0 Å². The van der Waals surface area contributed by atoms with Gasteiger partial charge >= 0.3 is 0 Å². The zero-order chi connectivity index (χ0) is 17.7. The fourth-order valence-electron chi connectivity index (χ4n) is 3.83. The molecule has 6 heteroatoms. The highest BCUT2D eigenvalue weighted by Crippen LogP contribution is 2.47.